The van der Waals surface area contributed by atoms with Crippen molar-refractivity contribution in [2.45, 2.75) is 6.42 Å². The average Bonchev–Trinajstić information content (AvgIpc) is 3.19. The molecule has 0 aliphatic carbocycles. The SMILES string of the molecule is COc1ccccc1OCC(=O)NNC(=O)Cc1coc2ccc3ccccc3c12. The fraction of sp³-hybridized carbons (Fsp3) is 0.130. The van der Waals surface area contributed by atoms with Gasteiger partial charge in [-0.2, -0.15) is 0 Å². The Labute approximate surface area is 172 Å². The second kappa shape index (κ2) is 8.57. The predicted molar refractivity (Wildman–Crippen MR) is 112 cm³/mol. The Morgan fingerprint density at radius 1 is 0.900 bits per heavy atom. The lowest BCUT2D eigenvalue weighted by atomic mass is 10.0. The minimum atomic E-state index is -0.489. The molecule has 0 bridgehead atoms. The number of amides is 2. The maximum Gasteiger partial charge on any atom is 0.276 e. The molecule has 3 aromatic carbocycles. The van der Waals surface area contributed by atoms with E-state index in [2.05, 4.69) is 10.9 Å². The number of furan rings is 1. The molecule has 0 atom stereocenters. The first-order valence-electron chi connectivity index (χ1n) is 9.37. The molecule has 0 spiro atoms. The van der Waals surface area contributed by atoms with E-state index in [0.717, 1.165) is 21.7 Å². The van der Waals surface area contributed by atoms with Crippen LogP contribution in [0.15, 0.2) is 71.3 Å². The van der Waals surface area contributed by atoms with Gasteiger partial charge in [-0.25, -0.2) is 0 Å². The second-order valence-electron chi connectivity index (χ2n) is 6.63. The monoisotopic (exact) mass is 404 g/mol. The van der Waals surface area contributed by atoms with Crippen LogP contribution in [-0.2, 0) is 16.0 Å². The molecule has 0 unspecified atom stereocenters. The highest BCUT2D eigenvalue weighted by Crippen LogP contribution is 2.30. The number of fused-ring (bicyclic) bond motifs is 3. The summed E-state index contributed by atoms with van der Waals surface area (Å²) in [5, 5.41) is 2.98. The summed E-state index contributed by atoms with van der Waals surface area (Å²) in [7, 11) is 1.52. The number of ether oxygens (including phenoxy) is 2. The molecule has 2 amide bonds. The summed E-state index contributed by atoms with van der Waals surface area (Å²) in [6.07, 6.45) is 1.64. The molecule has 0 radical (unpaired) electrons. The van der Waals surface area contributed by atoms with Crippen LogP contribution in [-0.4, -0.2) is 25.5 Å². The van der Waals surface area contributed by atoms with E-state index in [1.807, 2.05) is 36.4 Å². The van der Waals surface area contributed by atoms with E-state index in [0.29, 0.717) is 17.1 Å². The molecule has 1 aromatic heterocycles. The molecular formula is C23H20N2O5. The minimum Gasteiger partial charge on any atom is -0.493 e. The number of carbonyl (C=O) groups excluding carboxylic acids is 2. The summed E-state index contributed by atoms with van der Waals surface area (Å²) in [5.74, 6) is 0.111. The quantitative estimate of drug-likeness (QED) is 0.481. The molecule has 0 saturated carbocycles. The van der Waals surface area contributed by atoms with Crippen LogP contribution < -0.4 is 20.3 Å². The smallest absolute Gasteiger partial charge is 0.276 e. The number of hydrogen-bond acceptors (Lipinski definition) is 5. The highest BCUT2D eigenvalue weighted by molar-refractivity contribution is 6.08. The van der Waals surface area contributed by atoms with Gasteiger partial charge in [0.25, 0.3) is 5.91 Å². The van der Waals surface area contributed by atoms with Gasteiger partial charge in [0, 0.05) is 10.9 Å². The van der Waals surface area contributed by atoms with Gasteiger partial charge in [0.15, 0.2) is 18.1 Å². The zero-order valence-corrected chi connectivity index (χ0v) is 16.3. The van der Waals surface area contributed by atoms with Gasteiger partial charge in [-0.15, -0.1) is 0 Å². The number of hydrogen-bond donors (Lipinski definition) is 2. The van der Waals surface area contributed by atoms with Crippen molar-refractivity contribution < 1.29 is 23.5 Å². The summed E-state index contributed by atoms with van der Waals surface area (Å²) in [6.45, 7) is -0.264. The first kappa shape index (κ1) is 19.3. The van der Waals surface area contributed by atoms with Crippen molar-refractivity contribution in [3.63, 3.8) is 0 Å². The van der Waals surface area contributed by atoms with E-state index >= 15 is 0 Å². The Hall–Kier alpha value is -4.00. The third-order valence-corrected chi connectivity index (χ3v) is 4.66. The van der Waals surface area contributed by atoms with Gasteiger partial charge < -0.3 is 13.9 Å². The molecule has 0 aliphatic rings. The lowest BCUT2D eigenvalue weighted by Gasteiger charge is -2.11. The molecule has 4 rings (SSSR count). The van der Waals surface area contributed by atoms with Gasteiger partial charge in [-0.05, 0) is 29.0 Å². The number of nitrogens with one attached hydrogen (secondary N) is 2. The van der Waals surface area contributed by atoms with Crippen molar-refractivity contribution in [2.75, 3.05) is 13.7 Å². The number of para-hydroxylation sites is 2. The average molecular weight is 404 g/mol. The maximum atomic E-state index is 12.3. The Balaban J connectivity index is 1.36. The Morgan fingerprint density at radius 3 is 2.47 bits per heavy atom. The van der Waals surface area contributed by atoms with Crippen molar-refractivity contribution in [3.05, 3.63) is 72.5 Å². The van der Waals surface area contributed by atoms with Gasteiger partial charge in [-0.3, -0.25) is 20.4 Å². The summed E-state index contributed by atoms with van der Waals surface area (Å²) in [4.78, 5) is 24.3. The summed E-state index contributed by atoms with van der Waals surface area (Å²) in [5.41, 5.74) is 6.22. The van der Waals surface area contributed by atoms with E-state index in [1.165, 1.54) is 7.11 Å². The zero-order valence-electron chi connectivity index (χ0n) is 16.3. The van der Waals surface area contributed by atoms with Crippen LogP contribution in [0.5, 0.6) is 11.5 Å². The van der Waals surface area contributed by atoms with Gasteiger partial charge in [0.2, 0.25) is 5.91 Å². The van der Waals surface area contributed by atoms with Crippen LogP contribution in [0.2, 0.25) is 0 Å². The van der Waals surface area contributed by atoms with Crippen LogP contribution >= 0.6 is 0 Å². The van der Waals surface area contributed by atoms with Crippen LogP contribution in [0, 0.1) is 0 Å². The van der Waals surface area contributed by atoms with Gasteiger partial charge in [-0.1, -0.05) is 42.5 Å². The first-order valence-corrected chi connectivity index (χ1v) is 9.37. The third-order valence-electron chi connectivity index (χ3n) is 4.66. The Kier molecular flexibility index (Phi) is 5.52. The van der Waals surface area contributed by atoms with Crippen molar-refractivity contribution >= 4 is 33.6 Å². The van der Waals surface area contributed by atoms with Crippen molar-refractivity contribution in [1.29, 1.82) is 0 Å². The summed E-state index contributed by atoms with van der Waals surface area (Å²) in [6, 6.07) is 18.8. The lowest BCUT2D eigenvalue weighted by molar-refractivity contribution is -0.129. The van der Waals surface area contributed by atoms with E-state index in [-0.39, 0.29) is 18.9 Å². The summed E-state index contributed by atoms with van der Waals surface area (Å²) >= 11 is 0. The topological polar surface area (TPSA) is 89.8 Å². The van der Waals surface area contributed by atoms with Crippen molar-refractivity contribution in [2.24, 2.45) is 0 Å². The fourth-order valence-electron chi connectivity index (χ4n) is 3.28. The minimum absolute atomic E-state index is 0.0641. The van der Waals surface area contributed by atoms with Gasteiger partial charge in [0.1, 0.15) is 5.58 Å². The van der Waals surface area contributed by atoms with E-state index in [1.54, 1.807) is 30.5 Å². The molecule has 0 aliphatic heterocycles. The largest absolute Gasteiger partial charge is 0.493 e. The first-order chi connectivity index (χ1) is 14.7. The van der Waals surface area contributed by atoms with Gasteiger partial charge in [0.05, 0.1) is 19.8 Å². The van der Waals surface area contributed by atoms with Crippen molar-refractivity contribution in [3.8, 4) is 11.5 Å². The van der Waals surface area contributed by atoms with Crippen molar-refractivity contribution in [1.82, 2.24) is 10.9 Å². The normalized spacial score (nSPS) is 10.7. The van der Waals surface area contributed by atoms with Gasteiger partial charge >= 0.3 is 0 Å². The molecule has 7 nitrogen and oxygen atoms in total. The number of hydrazine groups is 1. The Morgan fingerprint density at radius 2 is 1.63 bits per heavy atom. The van der Waals surface area contributed by atoms with Crippen LogP contribution in [0.4, 0.5) is 0 Å². The Bertz CT molecular complexity index is 1210. The molecule has 7 heteroatoms. The number of carbonyl (C=O) groups is 2. The molecule has 4 aromatic rings. The molecule has 1 heterocycles. The molecule has 0 fully saturated rings. The second-order valence-corrected chi connectivity index (χ2v) is 6.63. The van der Waals surface area contributed by atoms with E-state index in [9.17, 15) is 9.59 Å². The molecule has 2 N–H and O–H groups in total. The fourth-order valence-corrected chi connectivity index (χ4v) is 3.28. The third kappa shape index (κ3) is 4.05. The van der Waals surface area contributed by atoms with E-state index < -0.39 is 5.91 Å². The molecule has 152 valence electrons. The molecule has 0 saturated heterocycles. The zero-order chi connectivity index (χ0) is 20.9. The maximum absolute atomic E-state index is 12.3. The lowest BCUT2D eigenvalue weighted by Crippen LogP contribution is -2.44. The molecular weight excluding hydrogens is 384 g/mol. The number of benzene rings is 3. The van der Waals surface area contributed by atoms with Crippen LogP contribution in [0.25, 0.3) is 21.7 Å². The standard InChI is InChI=1S/C23H20N2O5/c1-28-18-8-4-5-9-19(18)30-14-22(27)25-24-21(26)12-16-13-29-20-11-10-15-6-2-3-7-17(15)23(16)20/h2-11,13H,12,14H2,1H3,(H,24,26)(H,25,27). The highest BCUT2D eigenvalue weighted by Gasteiger charge is 2.14. The van der Waals surface area contributed by atoms with Crippen LogP contribution in [0.1, 0.15) is 5.56 Å². The number of rotatable bonds is 6. The number of methoxy groups -OCH3 is 1. The highest BCUT2D eigenvalue weighted by atomic mass is 16.5. The van der Waals surface area contributed by atoms with E-state index in [4.69, 9.17) is 13.9 Å². The molecule has 30 heavy (non-hydrogen) atoms. The predicted octanol–water partition coefficient (Wildman–Crippen LogP) is 3.36. The summed E-state index contributed by atoms with van der Waals surface area (Å²) < 4.78 is 16.2. The van der Waals surface area contributed by atoms with Crippen LogP contribution in [0.3, 0.4) is 0 Å².